The second-order valence-electron chi connectivity index (χ2n) is 6.92. The lowest BCUT2D eigenvalue weighted by molar-refractivity contribution is -0.384. The molecule has 0 fully saturated rings. The topological polar surface area (TPSA) is 101 Å². The molecule has 1 aromatic heterocycles. The third-order valence-corrected chi connectivity index (χ3v) is 4.42. The van der Waals surface area contributed by atoms with Crippen LogP contribution in [0.25, 0.3) is 11.5 Å². The van der Waals surface area contributed by atoms with E-state index in [-0.39, 0.29) is 11.7 Å². The minimum Gasteiger partial charge on any atom is -0.419 e. The maximum absolute atomic E-state index is 10.8. The maximum Gasteiger partial charge on any atom is 0.269 e. The van der Waals surface area contributed by atoms with Crippen LogP contribution < -0.4 is 5.32 Å². The Labute approximate surface area is 169 Å². The molecule has 2 aromatic rings. The lowest BCUT2D eigenvalue weighted by Crippen LogP contribution is -2.43. The number of hydrogen-bond acceptors (Lipinski definition) is 7. The van der Waals surface area contributed by atoms with Gasteiger partial charge in [-0.25, -0.2) is 0 Å². The highest BCUT2D eigenvalue weighted by Gasteiger charge is 2.18. The maximum atomic E-state index is 10.8. The van der Waals surface area contributed by atoms with Gasteiger partial charge in [-0.15, -0.1) is 10.2 Å². The van der Waals surface area contributed by atoms with Gasteiger partial charge in [0, 0.05) is 30.3 Å². The fourth-order valence-electron chi connectivity index (χ4n) is 2.49. The summed E-state index contributed by atoms with van der Waals surface area (Å²) in [7, 11) is 4.08. The second-order valence-corrected chi connectivity index (χ2v) is 7.30. The Morgan fingerprint density at radius 3 is 2.54 bits per heavy atom. The number of benzene rings is 1. The van der Waals surface area contributed by atoms with E-state index in [1.165, 1.54) is 12.1 Å². The van der Waals surface area contributed by atoms with Crippen molar-refractivity contribution in [1.29, 1.82) is 0 Å². The van der Waals surface area contributed by atoms with Gasteiger partial charge in [0.1, 0.15) is 0 Å². The average molecular weight is 407 g/mol. The van der Waals surface area contributed by atoms with E-state index < -0.39 is 4.92 Å². The van der Waals surface area contributed by atoms with Gasteiger partial charge in [0.05, 0.1) is 11.5 Å². The molecular formula is C18H26N6O3S. The van der Waals surface area contributed by atoms with Crippen LogP contribution in [-0.4, -0.2) is 63.3 Å². The molecule has 0 bridgehead atoms. The Balaban J connectivity index is 2.00. The molecule has 0 amide bonds. The summed E-state index contributed by atoms with van der Waals surface area (Å²) >= 11 is 5.52. The van der Waals surface area contributed by atoms with Crippen molar-refractivity contribution < 1.29 is 9.34 Å². The van der Waals surface area contributed by atoms with E-state index in [0.717, 1.165) is 19.5 Å². The summed E-state index contributed by atoms with van der Waals surface area (Å²) < 4.78 is 5.73. The first-order chi connectivity index (χ1) is 13.3. The minimum absolute atomic E-state index is 0.0140. The Hall–Kier alpha value is -2.59. The third-order valence-electron chi connectivity index (χ3n) is 4.04. The fourth-order valence-corrected chi connectivity index (χ4v) is 2.86. The molecule has 9 nitrogen and oxygen atoms in total. The summed E-state index contributed by atoms with van der Waals surface area (Å²) in [5.41, 5.74) is 0.644. The molecule has 1 heterocycles. The lowest BCUT2D eigenvalue weighted by atomic mass is 10.2. The van der Waals surface area contributed by atoms with Gasteiger partial charge in [-0.1, -0.05) is 0 Å². The number of hydrogen-bond donors (Lipinski definition) is 1. The van der Waals surface area contributed by atoms with Crippen LogP contribution >= 0.6 is 12.2 Å². The number of rotatable bonds is 9. The van der Waals surface area contributed by atoms with Crippen LogP contribution in [0.2, 0.25) is 0 Å². The number of nitrogens with one attached hydrogen (secondary N) is 1. The molecule has 0 atom stereocenters. The van der Waals surface area contributed by atoms with Crippen molar-refractivity contribution in [2.75, 3.05) is 27.2 Å². The van der Waals surface area contributed by atoms with E-state index in [9.17, 15) is 10.1 Å². The zero-order chi connectivity index (χ0) is 20.7. The Morgan fingerprint density at radius 1 is 1.29 bits per heavy atom. The third kappa shape index (κ3) is 6.24. The molecule has 152 valence electrons. The molecule has 0 spiro atoms. The number of nitro groups is 1. The summed E-state index contributed by atoms with van der Waals surface area (Å²) in [6.45, 7) is 6.25. The molecule has 1 N–H and O–H groups in total. The van der Waals surface area contributed by atoms with Crippen LogP contribution in [0.5, 0.6) is 0 Å². The van der Waals surface area contributed by atoms with E-state index in [2.05, 4.69) is 20.4 Å². The molecule has 28 heavy (non-hydrogen) atoms. The van der Waals surface area contributed by atoms with E-state index in [0.29, 0.717) is 29.0 Å². The van der Waals surface area contributed by atoms with Crippen LogP contribution in [0.3, 0.4) is 0 Å². The van der Waals surface area contributed by atoms with Gasteiger partial charge in [0.2, 0.25) is 11.8 Å². The van der Waals surface area contributed by atoms with Crippen LogP contribution in [0.1, 0.15) is 26.2 Å². The zero-order valence-electron chi connectivity index (χ0n) is 16.6. The number of thiocarbonyl (C=S) groups is 1. The summed E-state index contributed by atoms with van der Waals surface area (Å²) in [6.07, 6.45) is 0.990. The van der Waals surface area contributed by atoms with Crippen molar-refractivity contribution in [2.45, 2.75) is 32.9 Å². The van der Waals surface area contributed by atoms with Gasteiger partial charge in [0.15, 0.2) is 5.11 Å². The molecule has 0 radical (unpaired) electrons. The summed E-state index contributed by atoms with van der Waals surface area (Å²) in [4.78, 5) is 14.4. The minimum atomic E-state index is -0.448. The molecule has 0 aliphatic carbocycles. The largest absolute Gasteiger partial charge is 0.419 e. The van der Waals surface area contributed by atoms with Gasteiger partial charge in [-0.2, -0.15) is 0 Å². The van der Waals surface area contributed by atoms with Gasteiger partial charge in [-0.3, -0.25) is 10.1 Å². The molecule has 0 aliphatic heterocycles. The van der Waals surface area contributed by atoms with Crippen LogP contribution in [0, 0.1) is 10.1 Å². The van der Waals surface area contributed by atoms with Gasteiger partial charge < -0.3 is 19.5 Å². The molecule has 0 aliphatic rings. The van der Waals surface area contributed by atoms with E-state index in [1.807, 2.05) is 32.8 Å². The Bertz CT molecular complexity index is 791. The van der Waals surface area contributed by atoms with Crippen LogP contribution in [-0.2, 0) is 6.54 Å². The predicted molar refractivity (Wildman–Crippen MR) is 111 cm³/mol. The number of aromatic nitrogens is 2. The zero-order valence-corrected chi connectivity index (χ0v) is 17.4. The fraction of sp³-hybridized carbons (Fsp3) is 0.500. The van der Waals surface area contributed by atoms with E-state index in [1.54, 1.807) is 12.1 Å². The monoisotopic (exact) mass is 406 g/mol. The van der Waals surface area contributed by atoms with Crippen molar-refractivity contribution in [3.8, 4) is 11.5 Å². The highest BCUT2D eigenvalue weighted by molar-refractivity contribution is 7.80. The van der Waals surface area contributed by atoms with Crippen molar-refractivity contribution >= 4 is 23.0 Å². The van der Waals surface area contributed by atoms with Gasteiger partial charge in [-0.05, 0) is 65.3 Å². The summed E-state index contributed by atoms with van der Waals surface area (Å²) in [5.74, 6) is 0.748. The average Bonchev–Trinajstić information content (AvgIpc) is 3.11. The highest BCUT2D eigenvalue weighted by atomic mass is 32.1. The van der Waals surface area contributed by atoms with E-state index in [4.69, 9.17) is 16.6 Å². The molecule has 2 rings (SSSR count). The first kappa shape index (κ1) is 21.7. The highest BCUT2D eigenvalue weighted by Crippen LogP contribution is 2.22. The molecular weight excluding hydrogens is 380 g/mol. The molecule has 0 unspecified atom stereocenters. The number of nitro benzene ring substituents is 1. The van der Waals surface area contributed by atoms with E-state index >= 15 is 0 Å². The number of non-ortho nitro benzene ring substituents is 1. The molecule has 10 heteroatoms. The first-order valence-corrected chi connectivity index (χ1v) is 9.45. The summed E-state index contributed by atoms with van der Waals surface area (Å²) in [6, 6.07) is 6.15. The smallest absolute Gasteiger partial charge is 0.269 e. The molecule has 0 saturated heterocycles. The van der Waals surface area contributed by atoms with Crippen molar-refractivity contribution in [3.63, 3.8) is 0 Å². The number of nitrogens with zero attached hydrogens (tertiary/aromatic N) is 5. The van der Waals surface area contributed by atoms with Crippen molar-refractivity contribution in [3.05, 3.63) is 40.3 Å². The Morgan fingerprint density at radius 2 is 1.96 bits per heavy atom. The molecule has 0 saturated carbocycles. The first-order valence-electron chi connectivity index (χ1n) is 9.04. The lowest BCUT2D eigenvalue weighted by Gasteiger charge is -2.28. The predicted octanol–water partition coefficient (Wildman–Crippen LogP) is 2.68. The van der Waals surface area contributed by atoms with Gasteiger partial charge >= 0.3 is 0 Å². The van der Waals surface area contributed by atoms with Crippen LogP contribution in [0.15, 0.2) is 28.7 Å². The SMILES string of the molecule is CC(C)N(Cc1nnc(-c2ccc([N+](=O)[O-])cc2)o1)C(=S)NCCCN(C)C. The summed E-state index contributed by atoms with van der Waals surface area (Å²) in [5, 5.41) is 22.8. The molecule has 1 aromatic carbocycles. The quantitative estimate of drug-likeness (QED) is 0.291. The van der Waals surface area contributed by atoms with Crippen LogP contribution in [0.4, 0.5) is 5.69 Å². The second kappa shape index (κ2) is 10.1. The standard InChI is InChI=1S/C18H26N6O3S/c1-13(2)23(18(28)19-10-5-11-22(3)4)12-16-20-21-17(27-16)14-6-8-15(9-7-14)24(25)26/h6-9,13H,5,10-12H2,1-4H3,(H,19,28). The Kier molecular flexibility index (Phi) is 7.82. The van der Waals surface area contributed by atoms with Crippen molar-refractivity contribution in [1.82, 2.24) is 25.3 Å². The van der Waals surface area contributed by atoms with Gasteiger partial charge in [0.25, 0.3) is 5.69 Å². The normalized spacial score (nSPS) is 11.1. The van der Waals surface area contributed by atoms with Crippen molar-refractivity contribution in [2.24, 2.45) is 0 Å².